The van der Waals surface area contributed by atoms with Crippen molar-refractivity contribution in [1.29, 1.82) is 0 Å². The number of imide groups is 1. The van der Waals surface area contributed by atoms with Gasteiger partial charge in [-0.1, -0.05) is 48.5 Å². The number of hydrogen-bond acceptors (Lipinski definition) is 4. The zero-order chi connectivity index (χ0) is 19.7. The Morgan fingerprint density at radius 1 is 1.14 bits per heavy atom. The van der Waals surface area contributed by atoms with E-state index in [2.05, 4.69) is 5.32 Å². The Bertz CT molecular complexity index is 927. The minimum atomic E-state index is -1.05. The summed E-state index contributed by atoms with van der Waals surface area (Å²) in [4.78, 5) is 39.1. The molecule has 2 aliphatic rings. The maximum absolute atomic E-state index is 12.9. The van der Waals surface area contributed by atoms with Gasteiger partial charge in [0.05, 0.1) is 12.6 Å². The number of fused-ring (bicyclic) bond motifs is 2. The van der Waals surface area contributed by atoms with Crippen molar-refractivity contribution in [3.8, 4) is 0 Å². The lowest BCUT2D eigenvalue weighted by atomic mass is 9.74. The molecule has 1 saturated heterocycles. The summed E-state index contributed by atoms with van der Waals surface area (Å²) in [6.45, 7) is 2.32. The first-order valence-electron chi connectivity index (χ1n) is 9.39. The van der Waals surface area contributed by atoms with E-state index in [1.807, 2.05) is 54.6 Å². The first-order valence-corrected chi connectivity index (χ1v) is 9.39. The van der Waals surface area contributed by atoms with Crippen molar-refractivity contribution in [2.75, 3.05) is 11.5 Å². The van der Waals surface area contributed by atoms with E-state index in [0.29, 0.717) is 25.3 Å². The molecule has 1 N–H and O–H groups in total. The van der Waals surface area contributed by atoms with E-state index < -0.39 is 11.5 Å². The van der Waals surface area contributed by atoms with Crippen LogP contribution < -0.4 is 10.2 Å². The molecule has 1 fully saturated rings. The van der Waals surface area contributed by atoms with Gasteiger partial charge < -0.3 is 9.64 Å². The van der Waals surface area contributed by atoms with Crippen molar-refractivity contribution in [3.05, 3.63) is 65.7 Å². The Balaban J connectivity index is 1.60. The third-order valence-corrected chi connectivity index (χ3v) is 5.61. The average Bonchev–Trinajstić information content (AvgIpc) is 3.14. The summed E-state index contributed by atoms with van der Waals surface area (Å²) in [6, 6.07) is 16.7. The largest absolute Gasteiger partial charge is 0.377 e. The monoisotopic (exact) mass is 378 g/mol. The number of hydrogen-bond donors (Lipinski definition) is 1. The van der Waals surface area contributed by atoms with Gasteiger partial charge in [-0.25, -0.2) is 0 Å². The van der Waals surface area contributed by atoms with Crippen LogP contribution in [0.4, 0.5) is 5.69 Å². The van der Waals surface area contributed by atoms with Crippen molar-refractivity contribution < 1.29 is 19.1 Å². The Morgan fingerprint density at radius 3 is 2.54 bits per heavy atom. The fourth-order valence-electron chi connectivity index (χ4n) is 4.46. The minimum Gasteiger partial charge on any atom is -0.377 e. The number of nitrogens with one attached hydrogen (secondary N) is 1. The van der Waals surface area contributed by atoms with Gasteiger partial charge in [0, 0.05) is 25.6 Å². The second kappa shape index (κ2) is 7.20. The standard InChI is InChI=1S/C22H22N2O4/c1-15(25)24-18-10-6-5-9-17(18)22(13-20(26)23-21(22)27)19(24)11-12-28-14-16-7-3-2-4-8-16/h2-10,19H,11-14H2,1H3,(H,23,26,27)/t19-,22-/m1/s1. The van der Waals surface area contributed by atoms with E-state index >= 15 is 0 Å². The fraction of sp³-hybridized carbons (Fsp3) is 0.318. The number of amides is 3. The molecular weight excluding hydrogens is 356 g/mol. The summed E-state index contributed by atoms with van der Waals surface area (Å²) in [7, 11) is 0. The highest BCUT2D eigenvalue weighted by molar-refractivity contribution is 6.13. The lowest BCUT2D eigenvalue weighted by Crippen LogP contribution is -2.51. The van der Waals surface area contributed by atoms with E-state index in [-0.39, 0.29) is 24.1 Å². The molecule has 6 heteroatoms. The first kappa shape index (κ1) is 18.4. The van der Waals surface area contributed by atoms with Gasteiger partial charge in [0.1, 0.15) is 5.41 Å². The summed E-state index contributed by atoms with van der Waals surface area (Å²) in [5.74, 6) is -0.785. The topological polar surface area (TPSA) is 75.7 Å². The summed E-state index contributed by atoms with van der Waals surface area (Å²) in [5, 5.41) is 2.44. The summed E-state index contributed by atoms with van der Waals surface area (Å²) >= 11 is 0. The molecule has 2 heterocycles. The van der Waals surface area contributed by atoms with Crippen molar-refractivity contribution in [1.82, 2.24) is 5.32 Å². The Labute approximate surface area is 163 Å². The van der Waals surface area contributed by atoms with Gasteiger partial charge in [0.2, 0.25) is 17.7 Å². The Kier molecular flexibility index (Phi) is 4.73. The van der Waals surface area contributed by atoms with E-state index in [4.69, 9.17) is 4.74 Å². The molecule has 0 bridgehead atoms. The lowest BCUT2D eigenvalue weighted by Gasteiger charge is -2.32. The van der Waals surface area contributed by atoms with Crippen LogP contribution in [0.15, 0.2) is 54.6 Å². The second-order valence-electron chi connectivity index (χ2n) is 7.27. The van der Waals surface area contributed by atoms with Crippen LogP contribution >= 0.6 is 0 Å². The molecule has 0 aromatic heterocycles. The number of rotatable bonds is 5. The third-order valence-electron chi connectivity index (χ3n) is 5.61. The second-order valence-corrected chi connectivity index (χ2v) is 7.27. The number of carbonyl (C=O) groups is 3. The Morgan fingerprint density at radius 2 is 1.86 bits per heavy atom. The van der Waals surface area contributed by atoms with Crippen LogP contribution in [-0.2, 0) is 31.1 Å². The van der Waals surface area contributed by atoms with E-state index in [1.165, 1.54) is 6.92 Å². The SMILES string of the molecule is CC(=O)N1c2ccccc2[C@]2(CC(=O)NC2=O)[C@H]1CCOCc1ccccc1. The number of ether oxygens (including phenoxy) is 1. The van der Waals surface area contributed by atoms with Crippen molar-refractivity contribution in [2.45, 2.75) is 37.8 Å². The van der Waals surface area contributed by atoms with E-state index in [0.717, 1.165) is 11.1 Å². The van der Waals surface area contributed by atoms with Crippen LogP contribution in [0.1, 0.15) is 30.9 Å². The van der Waals surface area contributed by atoms with Crippen LogP contribution in [-0.4, -0.2) is 30.4 Å². The minimum absolute atomic E-state index is 0.0516. The van der Waals surface area contributed by atoms with E-state index in [9.17, 15) is 14.4 Å². The molecule has 2 aromatic carbocycles. The highest BCUT2D eigenvalue weighted by Crippen LogP contribution is 2.50. The maximum atomic E-state index is 12.9. The smallest absolute Gasteiger partial charge is 0.239 e. The molecule has 0 saturated carbocycles. The van der Waals surface area contributed by atoms with Gasteiger partial charge in [-0.15, -0.1) is 0 Å². The predicted molar refractivity (Wildman–Crippen MR) is 104 cm³/mol. The highest BCUT2D eigenvalue weighted by atomic mass is 16.5. The van der Waals surface area contributed by atoms with Gasteiger partial charge in [-0.2, -0.15) is 0 Å². The number of carbonyl (C=O) groups excluding carboxylic acids is 3. The van der Waals surface area contributed by atoms with Gasteiger partial charge >= 0.3 is 0 Å². The van der Waals surface area contributed by atoms with Crippen LogP contribution in [0.3, 0.4) is 0 Å². The van der Waals surface area contributed by atoms with Crippen molar-refractivity contribution in [3.63, 3.8) is 0 Å². The predicted octanol–water partition coefficient (Wildman–Crippen LogP) is 2.31. The molecule has 1 spiro atoms. The summed E-state index contributed by atoms with van der Waals surface area (Å²) in [6.07, 6.45) is 0.512. The molecule has 2 aliphatic heterocycles. The summed E-state index contributed by atoms with van der Waals surface area (Å²) < 4.78 is 5.82. The number of nitrogens with zero attached hydrogens (tertiary/aromatic N) is 1. The Hall–Kier alpha value is -2.99. The molecule has 0 unspecified atom stereocenters. The molecule has 144 valence electrons. The van der Waals surface area contributed by atoms with Gasteiger partial charge in [0.25, 0.3) is 0 Å². The first-order chi connectivity index (χ1) is 13.5. The number of para-hydroxylation sites is 1. The van der Waals surface area contributed by atoms with Crippen LogP contribution in [0.2, 0.25) is 0 Å². The number of benzene rings is 2. The van der Waals surface area contributed by atoms with Crippen molar-refractivity contribution >= 4 is 23.4 Å². The van der Waals surface area contributed by atoms with Gasteiger partial charge in [-0.3, -0.25) is 19.7 Å². The fourth-order valence-corrected chi connectivity index (χ4v) is 4.46. The van der Waals surface area contributed by atoms with Gasteiger partial charge in [0.15, 0.2) is 0 Å². The van der Waals surface area contributed by atoms with Gasteiger partial charge in [-0.05, 0) is 23.6 Å². The molecule has 3 amide bonds. The lowest BCUT2D eigenvalue weighted by molar-refractivity contribution is -0.126. The normalized spacial score (nSPS) is 23.2. The molecule has 0 radical (unpaired) electrons. The quantitative estimate of drug-likeness (QED) is 0.640. The van der Waals surface area contributed by atoms with E-state index in [1.54, 1.807) is 4.90 Å². The molecule has 28 heavy (non-hydrogen) atoms. The van der Waals surface area contributed by atoms with Crippen molar-refractivity contribution in [2.24, 2.45) is 0 Å². The van der Waals surface area contributed by atoms with Crippen LogP contribution in [0, 0.1) is 0 Å². The molecule has 2 aromatic rings. The molecular formula is C22H22N2O4. The molecule has 4 rings (SSSR count). The van der Waals surface area contributed by atoms with Crippen LogP contribution in [0.5, 0.6) is 0 Å². The summed E-state index contributed by atoms with van der Waals surface area (Å²) in [5.41, 5.74) is 1.45. The molecule has 2 atom stereocenters. The highest BCUT2D eigenvalue weighted by Gasteiger charge is 2.60. The molecule has 6 nitrogen and oxygen atoms in total. The average molecular weight is 378 g/mol. The zero-order valence-electron chi connectivity index (χ0n) is 15.7. The zero-order valence-corrected chi connectivity index (χ0v) is 15.7. The molecule has 0 aliphatic carbocycles. The van der Waals surface area contributed by atoms with Crippen LogP contribution in [0.25, 0.3) is 0 Å². The maximum Gasteiger partial charge on any atom is 0.239 e. The third kappa shape index (κ3) is 2.90. The number of anilines is 1.